The highest BCUT2D eigenvalue weighted by Crippen LogP contribution is 2.34. The summed E-state index contributed by atoms with van der Waals surface area (Å²) in [7, 11) is 0. The van der Waals surface area contributed by atoms with Gasteiger partial charge in [-0.05, 0) is 20.8 Å². The maximum absolute atomic E-state index is 12.2. The molecule has 0 bridgehead atoms. The first kappa shape index (κ1) is 16.9. The van der Waals surface area contributed by atoms with Crippen molar-refractivity contribution in [1.82, 2.24) is 5.32 Å². The summed E-state index contributed by atoms with van der Waals surface area (Å²) in [5, 5.41) is 2.71. The molecule has 1 fully saturated rings. The summed E-state index contributed by atoms with van der Waals surface area (Å²) in [5.74, 6) is -1.32. The molecule has 1 N–H and O–H groups in total. The third-order valence-electron chi connectivity index (χ3n) is 3.08. The zero-order valence-corrected chi connectivity index (χ0v) is 12.9. The van der Waals surface area contributed by atoms with Crippen molar-refractivity contribution < 1.29 is 23.8 Å². The molecule has 0 aliphatic carbocycles. The summed E-state index contributed by atoms with van der Waals surface area (Å²) in [6.07, 6.45) is -0.444. The molecule has 0 aromatic carbocycles. The third kappa shape index (κ3) is 4.76. The molecule has 0 aromatic heterocycles. The number of ether oxygens (including phenoxy) is 3. The van der Waals surface area contributed by atoms with Gasteiger partial charge in [0.1, 0.15) is 6.10 Å². The van der Waals surface area contributed by atoms with E-state index in [-0.39, 0.29) is 24.8 Å². The second kappa shape index (κ2) is 6.54. The van der Waals surface area contributed by atoms with E-state index in [2.05, 4.69) is 5.32 Å². The quantitative estimate of drug-likeness (QED) is 0.770. The van der Waals surface area contributed by atoms with Crippen LogP contribution in [0.2, 0.25) is 0 Å². The number of carbonyl (C=O) groups is 2. The van der Waals surface area contributed by atoms with E-state index in [9.17, 15) is 9.59 Å². The van der Waals surface area contributed by atoms with Crippen molar-refractivity contribution >= 4 is 11.9 Å². The van der Waals surface area contributed by atoms with Crippen LogP contribution in [0.4, 0.5) is 0 Å². The van der Waals surface area contributed by atoms with E-state index in [4.69, 9.17) is 14.2 Å². The zero-order valence-electron chi connectivity index (χ0n) is 12.9. The summed E-state index contributed by atoms with van der Waals surface area (Å²) in [5.41, 5.74) is -0.413. The summed E-state index contributed by atoms with van der Waals surface area (Å²) >= 11 is 0. The van der Waals surface area contributed by atoms with Crippen LogP contribution in [0.15, 0.2) is 0 Å². The normalized spacial score (nSPS) is 23.9. The maximum atomic E-state index is 12.2. The van der Waals surface area contributed by atoms with Crippen molar-refractivity contribution in [2.24, 2.45) is 5.41 Å². The number of hydrogen-bond acceptors (Lipinski definition) is 5. The molecule has 0 aromatic rings. The first-order chi connectivity index (χ1) is 9.18. The monoisotopic (exact) mass is 287 g/mol. The lowest BCUT2D eigenvalue weighted by Gasteiger charge is -2.44. The van der Waals surface area contributed by atoms with Crippen LogP contribution in [0.1, 0.15) is 41.0 Å². The van der Waals surface area contributed by atoms with Gasteiger partial charge in [0.25, 0.3) is 0 Å². The van der Waals surface area contributed by atoms with Crippen LogP contribution < -0.4 is 5.32 Å². The molecule has 1 aliphatic heterocycles. The van der Waals surface area contributed by atoms with Gasteiger partial charge in [-0.25, -0.2) is 0 Å². The molecule has 0 radical (unpaired) electrons. The number of amides is 1. The third-order valence-corrected chi connectivity index (χ3v) is 3.08. The van der Waals surface area contributed by atoms with Crippen LogP contribution in [0.3, 0.4) is 0 Å². The predicted molar refractivity (Wildman–Crippen MR) is 72.9 cm³/mol. The Morgan fingerprint density at radius 3 is 2.55 bits per heavy atom. The minimum Gasteiger partial charge on any atom is -0.466 e. The summed E-state index contributed by atoms with van der Waals surface area (Å²) in [4.78, 5) is 23.4. The van der Waals surface area contributed by atoms with Gasteiger partial charge < -0.3 is 19.5 Å². The Hall–Kier alpha value is -1.14. The van der Waals surface area contributed by atoms with Crippen molar-refractivity contribution in [2.45, 2.75) is 52.9 Å². The lowest BCUT2D eigenvalue weighted by Crippen LogP contribution is -2.56. The number of rotatable bonds is 5. The highest BCUT2D eigenvalue weighted by atomic mass is 16.7. The van der Waals surface area contributed by atoms with Gasteiger partial charge in [0.15, 0.2) is 5.79 Å². The SMILES string of the molecule is CCOC(=O)CCNC(=O)C1OC(C)(C)OCC1(C)C. The molecular formula is C14H25NO5. The average Bonchev–Trinajstić information content (AvgIpc) is 2.33. The van der Waals surface area contributed by atoms with E-state index in [0.29, 0.717) is 13.2 Å². The Morgan fingerprint density at radius 2 is 1.95 bits per heavy atom. The lowest BCUT2D eigenvalue weighted by atomic mass is 9.85. The molecule has 1 atom stereocenters. The van der Waals surface area contributed by atoms with Gasteiger partial charge in [0.2, 0.25) is 5.91 Å². The highest BCUT2D eigenvalue weighted by molar-refractivity contribution is 5.82. The van der Waals surface area contributed by atoms with E-state index in [1.807, 2.05) is 13.8 Å². The Labute approximate surface area is 120 Å². The van der Waals surface area contributed by atoms with E-state index in [1.54, 1.807) is 20.8 Å². The van der Waals surface area contributed by atoms with E-state index < -0.39 is 17.3 Å². The van der Waals surface area contributed by atoms with Crippen molar-refractivity contribution in [1.29, 1.82) is 0 Å². The van der Waals surface area contributed by atoms with Gasteiger partial charge in [-0.3, -0.25) is 9.59 Å². The Bertz CT molecular complexity index is 365. The van der Waals surface area contributed by atoms with Crippen LogP contribution in [0.25, 0.3) is 0 Å². The minimum atomic E-state index is -0.779. The van der Waals surface area contributed by atoms with Gasteiger partial charge in [0.05, 0.1) is 19.6 Å². The van der Waals surface area contributed by atoms with Crippen LogP contribution in [-0.2, 0) is 23.8 Å². The molecule has 20 heavy (non-hydrogen) atoms. The number of hydrogen-bond donors (Lipinski definition) is 1. The molecule has 116 valence electrons. The van der Waals surface area contributed by atoms with Gasteiger partial charge in [-0.15, -0.1) is 0 Å². The highest BCUT2D eigenvalue weighted by Gasteiger charge is 2.45. The summed E-state index contributed by atoms with van der Waals surface area (Å²) < 4.78 is 16.1. The summed E-state index contributed by atoms with van der Waals surface area (Å²) in [6, 6.07) is 0. The maximum Gasteiger partial charge on any atom is 0.307 e. The van der Waals surface area contributed by atoms with E-state index in [1.165, 1.54) is 0 Å². The second-order valence-corrected chi connectivity index (χ2v) is 6.02. The molecular weight excluding hydrogens is 262 g/mol. The summed E-state index contributed by atoms with van der Waals surface area (Å²) in [6.45, 7) is 10.2. The Kier molecular flexibility index (Phi) is 5.53. The fourth-order valence-corrected chi connectivity index (χ4v) is 1.93. The standard InChI is InChI=1S/C14H25NO5/c1-6-18-10(16)7-8-15-12(17)11-13(2,3)9-19-14(4,5)20-11/h11H,6-9H2,1-5H3,(H,15,17). The Balaban J connectivity index is 2.50. The van der Waals surface area contributed by atoms with Crippen molar-refractivity contribution in [2.75, 3.05) is 19.8 Å². The fraction of sp³-hybridized carbons (Fsp3) is 0.857. The van der Waals surface area contributed by atoms with Crippen LogP contribution in [0.5, 0.6) is 0 Å². The molecule has 6 heteroatoms. The molecule has 1 unspecified atom stereocenters. The van der Waals surface area contributed by atoms with Gasteiger partial charge in [-0.2, -0.15) is 0 Å². The largest absolute Gasteiger partial charge is 0.466 e. The van der Waals surface area contributed by atoms with Crippen LogP contribution in [0, 0.1) is 5.41 Å². The molecule has 6 nitrogen and oxygen atoms in total. The van der Waals surface area contributed by atoms with Crippen LogP contribution in [-0.4, -0.2) is 43.5 Å². The van der Waals surface area contributed by atoms with Crippen molar-refractivity contribution in [3.63, 3.8) is 0 Å². The van der Waals surface area contributed by atoms with Crippen molar-refractivity contribution in [3.05, 3.63) is 0 Å². The number of nitrogens with one attached hydrogen (secondary N) is 1. The first-order valence-corrected chi connectivity index (χ1v) is 6.93. The predicted octanol–water partition coefficient (Wildman–Crippen LogP) is 1.23. The molecule has 0 spiro atoms. The van der Waals surface area contributed by atoms with Gasteiger partial charge in [-0.1, -0.05) is 13.8 Å². The van der Waals surface area contributed by atoms with E-state index in [0.717, 1.165) is 0 Å². The number of esters is 1. The molecule has 0 saturated carbocycles. The smallest absolute Gasteiger partial charge is 0.307 e. The molecule has 1 heterocycles. The van der Waals surface area contributed by atoms with Crippen molar-refractivity contribution in [3.8, 4) is 0 Å². The zero-order chi connectivity index (χ0) is 15.4. The molecule has 1 saturated heterocycles. The second-order valence-electron chi connectivity index (χ2n) is 6.02. The topological polar surface area (TPSA) is 73.9 Å². The fourth-order valence-electron chi connectivity index (χ4n) is 1.93. The first-order valence-electron chi connectivity index (χ1n) is 6.93. The minimum absolute atomic E-state index is 0.159. The van der Waals surface area contributed by atoms with E-state index >= 15 is 0 Å². The molecule has 1 amide bonds. The lowest BCUT2D eigenvalue weighted by molar-refractivity contribution is -0.304. The average molecular weight is 287 g/mol. The van der Waals surface area contributed by atoms with Gasteiger partial charge in [0, 0.05) is 12.0 Å². The van der Waals surface area contributed by atoms with Gasteiger partial charge >= 0.3 is 5.97 Å². The molecule has 1 aliphatic rings. The van der Waals surface area contributed by atoms with Crippen LogP contribution >= 0.6 is 0 Å². The Morgan fingerprint density at radius 1 is 1.30 bits per heavy atom. The molecule has 1 rings (SSSR count). The number of carbonyl (C=O) groups excluding carboxylic acids is 2.